The summed E-state index contributed by atoms with van der Waals surface area (Å²) in [6.07, 6.45) is 0. The first-order chi connectivity index (χ1) is 4.56. The number of halogens is 1. The summed E-state index contributed by atoms with van der Waals surface area (Å²) in [6, 6.07) is 0. The summed E-state index contributed by atoms with van der Waals surface area (Å²) in [5.41, 5.74) is 3.89. The second kappa shape index (κ2) is 3.88. The van der Waals surface area contributed by atoms with Crippen LogP contribution in [0.25, 0.3) is 0 Å². The summed E-state index contributed by atoms with van der Waals surface area (Å²) >= 11 is 0. The molecule has 0 rings (SSSR count). The molecule has 0 radical (unpaired) electrons. The molecule has 1 unspecified atom stereocenters. The second-order valence-electron chi connectivity index (χ2n) is 2.83. The molecule has 1 atom stereocenters. The molecule has 0 heterocycles. The molecule has 0 spiro atoms. The minimum Gasteiger partial charge on any atom is -0.381 e. The molecule has 0 saturated carbocycles. The normalized spacial score (nSPS) is 17.4. The van der Waals surface area contributed by atoms with Crippen molar-refractivity contribution >= 4 is 0 Å². The van der Waals surface area contributed by atoms with Crippen molar-refractivity contribution in [2.75, 3.05) is 20.3 Å². The molecule has 0 aliphatic heterocycles. The third kappa shape index (κ3) is 2.23. The van der Waals surface area contributed by atoms with Crippen molar-refractivity contribution < 1.29 is 9.13 Å². The molecule has 10 heavy (non-hydrogen) atoms. The van der Waals surface area contributed by atoms with Gasteiger partial charge in [0.05, 0.1) is 6.61 Å². The van der Waals surface area contributed by atoms with Gasteiger partial charge in [-0.3, -0.25) is 0 Å². The van der Waals surface area contributed by atoms with Gasteiger partial charge in [-0.25, -0.2) is 4.39 Å². The molecule has 0 aliphatic carbocycles. The Kier molecular flexibility index (Phi) is 3.83. The van der Waals surface area contributed by atoms with Crippen LogP contribution in [0, 0.1) is 5.92 Å². The van der Waals surface area contributed by atoms with Crippen molar-refractivity contribution in [3.8, 4) is 0 Å². The molecule has 2 nitrogen and oxygen atoms in total. The summed E-state index contributed by atoms with van der Waals surface area (Å²) in [5, 5.41) is 0. The third-order valence-electron chi connectivity index (χ3n) is 1.76. The lowest BCUT2D eigenvalue weighted by atomic mass is 9.93. The van der Waals surface area contributed by atoms with E-state index in [0.717, 1.165) is 0 Å². The lowest BCUT2D eigenvalue weighted by molar-refractivity contribution is 0.0131. The van der Waals surface area contributed by atoms with Crippen molar-refractivity contribution in [3.63, 3.8) is 0 Å². The monoisotopic (exact) mass is 149 g/mol. The first-order valence-corrected chi connectivity index (χ1v) is 3.44. The molecular weight excluding hydrogens is 133 g/mol. The van der Waals surface area contributed by atoms with E-state index in [1.807, 2.05) is 0 Å². The predicted octanol–water partition coefficient (Wildman–Crippen LogP) is 0.956. The quantitative estimate of drug-likeness (QED) is 0.646. The Labute approximate surface area is 61.5 Å². The van der Waals surface area contributed by atoms with E-state index in [0.29, 0.717) is 0 Å². The number of hydrogen-bond acceptors (Lipinski definition) is 2. The summed E-state index contributed by atoms with van der Waals surface area (Å²) in [7, 11) is 1.48. The molecule has 0 aromatic carbocycles. The van der Waals surface area contributed by atoms with Crippen LogP contribution in [0.15, 0.2) is 0 Å². The topological polar surface area (TPSA) is 35.2 Å². The summed E-state index contributed by atoms with van der Waals surface area (Å²) in [6.45, 7) is 3.71. The maximum absolute atomic E-state index is 13.4. The van der Waals surface area contributed by atoms with Gasteiger partial charge in [-0.15, -0.1) is 0 Å². The number of ether oxygens (including phenoxy) is 1. The summed E-state index contributed by atoms with van der Waals surface area (Å²) in [5.74, 6) is -0.0857. The van der Waals surface area contributed by atoms with Crippen LogP contribution in [0.4, 0.5) is 4.39 Å². The SMILES string of the molecule is COCC(F)(CN)C(C)C. The Morgan fingerprint density at radius 3 is 2.20 bits per heavy atom. The van der Waals surface area contributed by atoms with Crippen LogP contribution in [0.3, 0.4) is 0 Å². The lowest BCUT2D eigenvalue weighted by Gasteiger charge is -2.26. The molecule has 0 fully saturated rings. The standard InChI is InChI=1S/C7H16FNO/c1-6(2)7(8,4-9)5-10-3/h6H,4-5,9H2,1-3H3. The molecule has 62 valence electrons. The van der Waals surface area contributed by atoms with Gasteiger partial charge in [-0.1, -0.05) is 13.8 Å². The highest BCUT2D eigenvalue weighted by molar-refractivity contribution is 4.82. The predicted molar refractivity (Wildman–Crippen MR) is 39.6 cm³/mol. The molecule has 0 amide bonds. The average Bonchev–Trinajstić information content (AvgIpc) is 1.88. The van der Waals surface area contributed by atoms with Gasteiger partial charge < -0.3 is 10.5 Å². The third-order valence-corrected chi connectivity index (χ3v) is 1.76. The Morgan fingerprint density at radius 1 is 1.60 bits per heavy atom. The van der Waals surface area contributed by atoms with Gasteiger partial charge >= 0.3 is 0 Å². The Bertz CT molecular complexity index is 97.6. The molecule has 0 bridgehead atoms. The maximum atomic E-state index is 13.4. The van der Waals surface area contributed by atoms with Crippen LogP contribution in [0.5, 0.6) is 0 Å². The molecule has 0 aromatic heterocycles. The van der Waals surface area contributed by atoms with E-state index in [2.05, 4.69) is 0 Å². The minimum absolute atomic E-state index is 0.0263. The number of hydrogen-bond donors (Lipinski definition) is 1. The fourth-order valence-electron chi connectivity index (χ4n) is 0.701. The van der Waals surface area contributed by atoms with Gasteiger partial charge in [0, 0.05) is 13.7 Å². The first kappa shape index (κ1) is 9.85. The largest absolute Gasteiger partial charge is 0.381 e. The van der Waals surface area contributed by atoms with E-state index in [4.69, 9.17) is 10.5 Å². The molecule has 0 saturated heterocycles. The van der Waals surface area contributed by atoms with Crippen molar-refractivity contribution in [2.24, 2.45) is 11.7 Å². The average molecular weight is 149 g/mol. The highest BCUT2D eigenvalue weighted by atomic mass is 19.1. The Morgan fingerprint density at radius 2 is 2.10 bits per heavy atom. The number of rotatable bonds is 4. The van der Waals surface area contributed by atoms with Crippen LogP contribution in [-0.2, 0) is 4.74 Å². The molecule has 3 heteroatoms. The van der Waals surface area contributed by atoms with Gasteiger partial charge in [0.15, 0.2) is 0 Å². The van der Waals surface area contributed by atoms with Crippen molar-refractivity contribution in [1.29, 1.82) is 0 Å². The van der Waals surface area contributed by atoms with E-state index in [-0.39, 0.29) is 19.1 Å². The number of methoxy groups -OCH3 is 1. The summed E-state index contributed by atoms with van der Waals surface area (Å²) < 4.78 is 18.1. The molecule has 0 aromatic rings. The zero-order chi connectivity index (χ0) is 8.20. The van der Waals surface area contributed by atoms with Gasteiger partial charge in [-0.05, 0) is 5.92 Å². The van der Waals surface area contributed by atoms with Gasteiger partial charge in [0.1, 0.15) is 5.67 Å². The Balaban J connectivity index is 3.94. The van der Waals surface area contributed by atoms with Crippen LogP contribution in [-0.4, -0.2) is 25.9 Å². The van der Waals surface area contributed by atoms with Crippen molar-refractivity contribution in [2.45, 2.75) is 19.5 Å². The Hall–Kier alpha value is -0.150. The summed E-state index contributed by atoms with van der Waals surface area (Å²) in [4.78, 5) is 0. The van der Waals surface area contributed by atoms with Crippen LogP contribution in [0.2, 0.25) is 0 Å². The smallest absolute Gasteiger partial charge is 0.148 e. The highest BCUT2D eigenvalue weighted by Gasteiger charge is 2.31. The maximum Gasteiger partial charge on any atom is 0.148 e. The number of alkyl halides is 1. The van der Waals surface area contributed by atoms with E-state index in [1.165, 1.54) is 7.11 Å². The van der Waals surface area contributed by atoms with Gasteiger partial charge in [-0.2, -0.15) is 0 Å². The van der Waals surface area contributed by atoms with Crippen LogP contribution in [0.1, 0.15) is 13.8 Å². The number of nitrogens with two attached hydrogens (primary N) is 1. The van der Waals surface area contributed by atoms with Gasteiger partial charge in [0.2, 0.25) is 0 Å². The van der Waals surface area contributed by atoms with Crippen molar-refractivity contribution in [3.05, 3.63) is 0 Å². The minimum atomic E-state index is -1.35. The fourth-order valence-corrected chi connectivity index (χ4v) is 0.701. The van der Waals surface area contributed by atoms with Crippen LogP contribution >= 0.6 is 0 Å². The van der Waals surface area contributed by atoms with E-state index < -0.39 is 5.67 Å². The van der Waals surface area contributed by atoms with E-state index >= 15 is 0 Å². The molecule has 0 aliphatic rings. The van der Waals surface area contributed by atoms with Gasteiger partial charge in [0.25, 0.3) is 0 Å². The van der Waals surface area contributed by atoms with Crippen LogP contribution < -0.4 is 5.73 Å². The highest BCUT2D eigenvalue weighted by Crippen LogP contribution is 2.20. The zero-order valence-corrected chi connectivity index (χ0v) is 6.86. The second-order valence-corrected chi connectivity index (χ2v) is 2.83. The first-order valence-electron chi connectivity index (χ1n) is 3.44. The fraction of sp³-hybridized carbons (Fsp3) is 1.00. The zero-order valence-electron chi connectivity index (χ0n) is 6.86. The molecular formula is C7H16FNO. The van der Waals surface area contributed by atoms with E-state index in [9.17, 15) is 4.39 Å². The molecule has 2 N–H and O–H groups in total. The lowest BCUT2D eigenvalue weighted by Crippen LogP contribution is -2.42. The van der Waals surface area contributed by atoms with E-state index in [1.54, 1.807) is 13.8 Å². The van der Waals surface area contributed by atoms with Crippen molar-refractivity contribution in [1.82, 2.24) is 0 Å².